The maximum atomic E-state index is 11.6. The van der Waals surface area contributed by atoms with E-state index in [9.17, 15) is 9.90 Å². The molecule has 0 spiro atoms. The zero-order valence-electron chi connectivity index (χ0n) is 10.2. The van der Waals surface area contributed by atoms with Crippen LogP contribution in [0.25, 0.3) is 5.53 Å². The van der Waals surface area contributed by atoms with Crippen molar-refractivity contribution in [2.75, 3.05) is 13.2 Å². The van der Waals surface area contributed by atoms with Crippen LogP contribution in [0.5, 0.6) is 0 Å². The number of hydrogen-bond donors (Lipinski definition) is 1. The molecular weight excluding hydrogens is 248 g/mol. The van der Waals surface area contributed by atoms with Gasteiger partial charge in [0.05, 0.1) is 19.8 Å². The maximum absolute atomic E-state index is 11.6. The minimum absolute atomic E-state index is 0.0279. The van der Waals surface area contributed by atoms with Gasteiger partial charge in [0.1, 0.15) is 6.10 Å². The highest BCUT2D eigenvalue weighted by Gasteiger charge is 2.58. The molecule has 2 rings (SSSR count). The Bertz CT molecular complexity index is 493. The minimum Gasteiger partial charge on any atom is -0.387 e. The molecule has 0 amide bonds. The smallest absolute Gasteiger partial charge is 0.326 e. The average Bonchev–Trinajstić information content (AvgIpc) is 3.22. The topological polar surface area (TPSA) is 95.5 Å². The van der Waals surface area contributed by atoms with Crippen molar-refractivity contribution >= 4 is 12.0 Å². The van der Waals surface area contributed by atoms with E-state index in [1.807, 2.05) is 30.3 Å². The first-order chi connectivity index (χ1) is 9.19. The number of nitrogens with zero attached hydrogens (tertiary/aromatic N) is 2. The second kappa shape index (κ2) is 5.86. The molecule has 0 aliphatic carbocycles. The third kappa shape index (κ3) is 3.13. The Labute approximate surface area is 110 Å². The van der Waals surface area contributed by atoms with E-state index in [1.165, 1.54) is 0 Å². The fraction of sp³-hybridized carbons (Fsp3) is 0.385. The fourth-order valence-corrected chi connectivity index (χ4v) is 1.74. The molecule has 1 aromatic rings. The summed E-state index contributed by atoms with van der Waals surface area (Å²) in [6.45, 7) is 0.421. The van der Waals surface area contributed by atoms with Gasteiger partial charge >= 0.3 is 6.21 Å². The molecular formula is C13H14N2O4. The van der Waals surface area contributed by atoms with E-state index in [4.69, 9.17) is 15.0 Å². The minimum atomic E-state index is -1.30. The van der Waals surface area contributed by atoms with Crippen molar-refractivity contribution in [3.05, 3.63) is 41.4 Å². The maximum Gasteiger partial charge on any atom is 0.326 e. The van der Waals surface area contributed by atoms with Crippen LogP contribution in [0, 0.1) is 0 Å². The molecule has 0 aromatic heterocycles. The van der Waals surface area contributed by atoms with E-state index in [1.54, 1.807) is 0 Å². The standard InChI is InChI=1S/C13H14N2O4/c14-15-6-11(16)13(9-19-13)12(17)8-18-7-10-4-2-1-3-5-10/h1-6,12,17H,7-9H2/t12-,13-/m0/s1. The summed E-state index contributed by atoms with van der Waals surface area (Å²) in [7, 11) is 0. The van der Waals surface area contributed by atoms with Crippen LogP contribution in [0.4, 0.5) is 0 Å². The molecule has 6 nitrogen and oxygen atoms in total. The summed E-state index contributed by atoms with van der Waals surface area (Å²) in [4.78, 5) is 14.2. The second-order valence-corrected chi connectivity index (χ2v) is 4.30. The first kappa shape index (κ1) is 13.6. The van der Waals surface area contributed by atoms with Gasteiger partial charge in [0.15, 0.2) is 5.60 Å². The van der Waals surface area contributed by atoms with Gasteiger partial charge < -0.3 is 20.1 Å². The Morgan fingerprint density at radius 2 is 2.26 bits per heavy atom. The second-order valence-electron chi connectivity index (χ2n) is 4.30. The van der Waals surface area contributed by atoms with Crippen LogP contribution in [-0.2, 0) is 20.9 Å². The van der Waals surface area contributed by atoms with Crippen molar-refractivity contribution in [2.24, 2.45) is 0 Å². The Kier molecular flexibility index (Phi) is 4.19. The SMILES string of the molecule is [N-]=[N+]=CC(=O)[C@]1([C@@H](O)COCc2ccccc2)CO1. The van der Waals surface area contributed by atoms with Crippen LogP contribution in [0.1, 0.15) is 5.56 Å². The molecule has 0 unspecified atom stereocenters. The number of carbonyl (C=O) groups is 1. The van der Waals surface area contributed by atoms with Crippen molar-refractivity contribution in [3.8, 4) is 0 Å². The molecule has 1 N–H and O–H groups in total. The molecule has 0 bridgehead atoms. The van der Waals surface area contributed by atoms with Gasteiger partial charge in [-0.1, -0.05) is 30.3 Å². The van der Waals surface area contributed by atoms with Crippen molar-refractivity contribution in [1.82, 2.24) is 0 Å². The third-order valence-electron chi connectivity index (χ3n) is 2.97. The van der Waals surface area contributed by atoms with Crippen molar-refractivity contribution in [3.63, 3.8) is 0 Å². The van der Waals surface area contributed by atoms with Crippen molar-refractivity contribution in [1.29, 1.82) is 0 Å². The number of rotatable bonds is 7. The van der Waals surface area contributed by atoms with E-state index in [0.29, 0.717) is 6.61 Å². The molecule has 19 heavy (non-hydrogen) atoms. The number of ketones is 1. The van der Waals surface area contributed by atoms with Crippen LogP contribution in [0.2, 0.25) is 0 Å². The predicted molar refractivity (Wildman–Crippen MR) is 65.5 cm³/mol. The highest BCUT2D eigenvalue weighted by atomic mass is 16.6. The molecule has 0 radical (unpaired) electrons. The molecule has 1 saturated heterocycles. The van der Waals surface area contributed by atoms with Gasteiger partial charge in [0, 0.05) is 0 Å². The van der Waals surface area contributed by atoms with Crippen LogP contribution in [0.3, 0.4) is 0 Å². The summed E-state index contributed by atoms with van der Waals surface area (Å²) in [5, 5.41) is 9.90. The van der Waals surface area contributed by atoms with E-state index < -0.39 is 17.5 Å². The average molecular weight is 262 g/mol. The summed E-state index contributed by atoms with van der Waals surface area (Å²) in [6.07, 6.45) is -0.352. The lowest BCUT2D eigenvalue weighted by Crippen LogP contribution is -2.42. The molecule has 1 heterocycles. The number of hydrogen-bond acceptors (Lipinski definition) is 4. The van der Waals surface area contributed by atoms with Gasteiger partial charge in [-0.05, 0) is 5.56 Å². The molecule has 1 aliphatic heterocycles. The lowest BCUT2D eigenvalue weighted by molar-refractivity contribution is -0.126. The summed E-state index contributed by atoms with van der Waals surface area (Å²) in [6, 6.07) is 9.49. The third-order valence-corrected chi connectivity index (χ3v) is 2.97. The Morgan fingerprint density at radius 1 is 1.58 bits per heavy atom. The van der Waals surface area contributed by atoms with E-state index in [-0.39, 0.29) is 13.2 Å². The fourth-order valence-electron chi connectivity index (χ4n) is 1.74. The molecule has 100 valence electrons. The number of aliphatic hydroxyl groups excluding tert-OH is 1. The van der Waals surface area contributed by atoms with Gasteiger partial charge in [-0.3, -0.25) is 4.79 Å². The molecule has 1 fully saturated rings. The van der Waals surface area contributed by atoms with Crippen LogP contribution >= 0.6 is 0 Å². The van der Waals surface area contributed by atoms with Crippen LogP contribution < -0.4 is 0 Å². The number of ether oxygens (including phenoxy) is 2. The van der Waals surface area contributed by atoms with E-state index in [2.05, 4.69) is 4.79 Å². The summed E-state index contributed by atoms with van der Waals surface area (Å²) in [5.41, 5.74) is 7.99. The van der Waals surface area contributed by atoms with E-state index in [0.717, 1.165) is 11.8 Å². The van der Waals surface area contributed by atoms with Crippen LogP contribution in [-0.4, -0.2) is 46.8 Å². The predicted octanol–water partition coefficient (Wildman–Crippen LogP) is 0.203. The van der Waals surface area contributed by atoms with Gasteiger partial charge in [0.2, 0.25) is 0 Å². The van der Waals surface area contributed by atoms with Gasteiger partial charge in [-0.2, -0.15) is 4.79 Å². The Hall–Kier alpha value is -1.85. The summed E-state index contributed by atoms with van der Waals surface area (Å²) in [5.74, 6) is -0.564. The van der Waals surface area contributed by atoms with Crippen molar-refractivity contribution in [2.45, 2.75) is 18.3 Å². The first-order valence-corrected chi connectivity index (χ1v) is 5.84. The summed E-state index contributed by atoms with van der Waals surface area (Å²) < 4.78 is 10.3. The normalized spacial score (nSPS) is 22.4. The number of Topliss-reactive ketones (excluding diaryl/α,β-unsaturated/α-hetero) is 1. The number of benzene rings is 1. The van der Waals surface area contributed by atoms with Crippen molar-refractivity contribution < 1.29 is 24.2 Å². The molecule has 2 atom stereocenters. The molecule has 1 aromatic carbocycles. The van der Waals surface area contributed by atoms with E-state index >= 15 is 0 Å². The van der Waals surface area contributed by atoms with Crippen LogP contribution in [0.15, 0.2) is 30.3 Å². The zero-order chi connectivity index (χ0) is 13.7. The van der Waals surface area contributed by atoms with Gasteiger partial charge in [-0.15, -0.1) is 0 Å². The Balaban J connectivity index is 1.83. The number of epoxide rings is 1. The van der Waals surface area contributed by atoms with Gasteiger partial charge in [0.25, 0.3) is 5.78 Å². The first-order valence-electron chi connectivity index (χ1n) is 5.84. The quantitative estimate of drug-likeness (QED) is 0.328. The Morgan fingerprint density at radius 3 is 2.84 bits per heavy atom. The monoisotopic (exact) mass is 262 g/mol. The summed E-state index contributed by atoms with van der Waals surface area (Å²) >= 11 is 0. The highest BCUT2D eigenvalue weighted by molar-refractivity contribution is 6.30. The lowest BCUT2D eigenvalue weighted by atomic mass is 9.99. The lowest BCUT2D eigenvalue weighted by Gasteiger charge is -2.15. The number of carbonyl (C=O) groups excluding carboxylic acids is 1. The number of aliphatic hydroxyl groups is 1. The van der Waals surface area contributed by atoms with Gasteiger partial charge in [-0.25, -0.2) is 0 Å². The highest BCUT2D eigenvalue weighted by Crippen LogP contribution is 2.31. The zero-order valence-corrected chi connectivity index (χ0v) is 10.2. The molecule has 6 heteroatoms. The molecule has 0 saturated carbocycles. The largest absolute Gasteiger partial charge is 0.387 e. The molecule has 1 aliphatic rings.